The zero-order valence-electron chi connectivity index (χ0n) is 10.1. The summed E-state index contributed by atoms with van der Waals surface area (Å²) in [6.45, 7) is 2.77. The second kappa shape index (κ2) is 5.93. The highest BCUT2D eigenvalue weighted by molar-refractivity contribution is 9.10. The van der Waals surface area contributed by atoms with Crippen LogP contribution in [0.5, 0.6) is 6.01 Å². The summed E-state index contributed by atoms with van der Waals surface area (Å²) in [6, 6.07) is 8.27. The van der Waals surface area contributed by atoms with Crippen molar-refractivity contribution in [2.45, 2.75) is 20.1 Å². The lowest BCUT2D eigenvalue weighted by molar-refractivity contribution is 0.279. The first-order valence-electron chi connectivity index (χ1n) is 5.59. The van der Waals surface area contributed by atoms with Gasteiger partial charge in [0.05, 0.1) is 0 Å². The number of aromatic nitrogens is 2. The molecule has 18 heavy (non-hydrogen) atoms. The van der Waals surface area contributed by atoms with E-state index in [-0.39, 0.29) is 0 Å². The summed E-state index contributed by atoms with van der Waals surface area (Å²) in [5.41, 5.74) is 8.41. The van der Waals surface area contributed by atoms with Crippen LogP contribution in [0.15, 0.2) is 34.9 Å². The fourth-order valence-electron chi connectivity index (χ4n) is 1.50. The third-order valence-corrected chi connectivity index (χ3v) is 3.37. The van der Waals surface area contributed by atoms with Crippen molar-refractivity contribution in [2.75, 3.05) is 0 Å². The molecule has 0 aliphatic carbocycles. The Morgan fingerprint density at radius 1 is 1.28 bits per heavy atom. The van der Waals surface area contributed by atoms with Crippen LogP contribution in [0.3, 0.4) is 0 Å². The molecule has 0 radical (unpaired) electrons. The molecule has 1 aromatic carbocycles. The molecule has 0 saturated carbocycles. The monoisotopic (exact) mass is 307 g/mol. The van der Waals surface area contributed by atoms with Crippen LogP contribution < -0.4 is 10.5 Å². The lowest BCUT2D eigenvalue weighted by Crippen LogP contribution is -2.05. The van der Waals surface area contributed by atoms with E-state index in [1.165, 1.54) is 0 Å². The lowest BCUT2D eigenvalue weighted by atomic mass is 10.2. The summed E-state index contributed by atoms with van der Waals surface area (Å²) in [7, 11) is 0. The van der Waals surface area contributed by atoms with Crippen molar-refractivity contribution in [3.05, 3.63) is 51.8 Å². The Kier molecular flexibility index (Phi) is 4.28. The number of rotatable bonds is 4. The standard InChI is InChI=1S/C13H14BrN3O/c1-9-11(6-15)7-16-13(17-9)18-8-10-4-2-3-5-12(10)14/h2-5,7H,6,8,15H2,1H3. The van der Waals surface area contributed by atoms with Gasteiger partial charge in [-0.1, -0.05) is 34.1 Å². The predicted molar refractivity (Wildman–Crippen MR) is 73.1 cm³/mol. The quantitative estimate of drug-likeness (QED) is 0.943. The van der Waals surface area contributed by atoms with Crippen LogP contribution in [-0.4, -0.2) is 9.97 Å². The highest BCUT2D eigenvalue weighted by Crippen LogP contribution is 2.17. The third-order valence-electron chi connectivity index (χ3n) is 2.59. The molecule has 0 bridgehead atoms. The van der Waals surface area contributed by atoms with Crippen molar-refractivity contribution < 1.29 is 4.74 Å². The molecule has 0 saturated heterocycles. The van der Waals surface area contributed by atoms with Gasteiger partial charge in [-0.2, -0.15) is 0 Å². The van der Waals surface area contributed by atoms with E-state index in [4.69, 9.17) is 10.5 Å². The van der Waals surface area contributed by atoms with Crippen LogP contribution in [0.2, 0.25) is 0 Å². The minimum atomic E-state index is 0.375. The molecule has 2 aromatic rings. The number of halogens is 1. The second-order valence-corrected chi connectivity index (χ2v) is 4.70. The number of hydrogen-bond donors (Lipinski definition) is 1. The summed E-state index contributed by atoms with van der Waals surface area (Å²) >= 11 is 3.47. The van der Waals surface area contributed by atoms with Gasteiger partial charge in [0.15, 0.2) is 0 Å². The van der Waals surface area contributed by atoms with Crippen LogP contribution in [0, 0.1) is 6.92 Å². The molecule has 0 aliphatic heterocycles. The number of ether oxygens (including phenoxy) is 1. The predicted octanol–water partition coefficient (Wildman–Crippen LogP) is 2.59. The fraction of sp³-hybridized carbons (Fsp3) is 0.231. The maximum atomic E-state index is 5.56. The largest absolute Gasteiger partial charge is 0.459 e. The van der Waals surface area contributed by atoms with E-state index in [1.807, 2.05) is 31.2 Å². The Balaban J connectivity index is 2.07. The van der Waals surface area contributed by atoms with E-state index in [0.29, 0.717) is 19.2 Å². The summed E-state index contributed by atoms with van der Waals surface area (Å²) < 4.78 is 6.57. The first-order valence-corrected chi connectivity index (χ1v) is 6.39. The molecular weight excluding hydrogens is 294 g/mol. The van der Waals surface area contributed by atoms with Gasteiger partial charge >= 0.3 is 6.01 Å². The Labute approximate surface area is 114 Å². The van der Waals surface area contributed by atoms with Gasteiger partial charge in [0.2, 0.25) is 0 Å². The Morgan fingerprint density at radius 2 is 2.06 bits per heavy atom. The summed E-state index contributed by atoms with van der Waals surface area (Å²) in [5, 5.41) is 0. The molecule has 0 aliphatic rings. The van der Waals surface area contributed by atoms with Crippen molar-refractivity contribution >= 4 is 15.9 Å². The Hall–Kier alpha value is -1.46. The lowest BCUT2D eigenvalue weighted by Gasteiger charge is -2.08. The highest BCUT2D eigenvalue weighted by atomic mass is 79.9. The molecule has 4 nitrogen and oxygen atoms in total. The second-order valence-electron chi connectivity index (χ2n) is 3.85. The van der Waals surface area contributed by atoms with Crippen molar-refractivity contribution in [2.24, 2.45) is 5.73 Å². The van der Waals surface area contributed by atoms with Crippen LogP contribution in [-0.2, 0) is 13.2 Å². The Bertz CT molecular complexity index is 546. The van der Waals surface area contributed by atoms with E-state index >= 15 is 0 Å². The molecule has 1 aromatic heterocycles. The van der Waals surface area contributed by atoms with Gasteiger partial charge < -0.3 is 10.5 Å². The van der Waals surface area contributed by atoms with Crippen molar-refractivity contribution in [1.82, 2.24) is 9.97 Å². The summed E-state index contributed by atoms with van der Waals surface area (Å²) in [6.07, 6.45) is 1.71. The van der Waals surface area contributed by atoms with Gasteiger partial charge in [-0.05, 0) is 13.0 Å². The van der Waals surface area contributed by atoms with Crippen LogP contribution in [0.4, 0.5) is 0 Å². The number of aryl methyl sites for hydroxylation is 1. The van der Waals surface area contributed by atoms with E-state index in [1.54, 1.807) is 6.20 Å². The van der Waals surface area contributed by atoms with Gasteiger partial charge in [-0.3, -0.25) is 0 Å². The maximum absolute atomic E-state index is 5.56. The van der Waals surface area contributed by atoms with E-state index in [9.17, 15) is 0 Å². The Morgan fingerprint density at radius 3 is 2.72 bits per heavy atom. The first kappa shape index (κ1) is 13.0. The minimum absolute atomic E-state index is 0.375. The smallest absolute Gasteiger partial charge is 0.316 e. The van der Waals surface area contributed by atoms with Crippen LogP contribution >= 0.6 is 15.9 Å². The fourth-order valence-corrected chi connectivity index (χ4v) is 1.90. The topological polar surface area (TPSA) is 61.0 Å². The third kappa shape index (κ3) is 3.05. The average molecular weight is 308 g/mol. The molecule has 0 atom stereocenters. The van der Waals surface area contributed by atoms with E-state index in [2.05, 4.69) is 25.9 Å². The molecule has 2 N–H and O–H groups in total. The molecule has 2 rings (SSSR count). The summed E-state index contributed by atoms with van der Waals surface area (Å²) in [5.74, 6) is 0. The molecule has 94 valence electrons. The molecule has 0 unspecified atom stereocenters. The van der Waals surface area contributed by atoms with Gasteiger partial charge in [0.1, 0.15) is 6.61 Å². The normalized spacial score (nSPS) is 10.4. The SMILES string of the molecule is Cc1nc(OCc2ccccc2Br)ncc1CN. The van der Waals surface area contributed by atoms with Gasteiger partial charge in [0, 0.05) is 34.0 Å². The zero-order valence-corrected chi connectivity index (χ0v) is 11.6. The number of nitrogens with two attached hydrogens (primary N) is 1. The molecular formula is C13H14BrN3O. The van der Waals surface area contributed by atoms with E-state index in [0.717, 1.165) is 21.3 Å². The van der Waals surface area contributed by atoms with Crippen molar-refractivity contribution in [3.8, 4) is 6.01 Å². The molecule has 1 heterocycles. The molecule has 0 amide bonds. The van der Waals surface area contributed by atoms with Gasteiger partial charge in [-0.15, -0.1) is 0 Å². The van der Waals surface area contributed by atoms with Crippen LogP contribution in [0.25, 0.3) is 0 Å². The van der Waals surface area contributed by atoms with Crippen LogP contribution in [0.1, 0.15) is 16.8 Å². The maximum Gasteiger partial charge on any atom is 0.316 e. The number of hydrogen-bond acceptors (Lipinski definition) is 4. The van der Waals surface area contributed by atoms with Gasteiger partial charge in [0.25, 0.3) is 0 Å². The number of nitrogens with zero attached hydrogens (tertiary/aromatic N) is 2. The highest BCUT2D eigenvalue weighted by Gasteiger charge is 2.04. The average Bonchev–Trinajstić information content (AvgIpc) is 2.38. The summed E-state index contributed by atoms with van der Waals surface area (Å²) in [4.78, 5) is 8.39. The van der Waals surface area contributed by atoms with Gasteiger partial charge in [-0.25, -0.2) is 9.97 Å². The van der Waals surface area contributed by atoms with Crippen molar-refractivity contribution in [1.29, 1.82) is 0 Å². The van der Waals surface area contributed by atoms with E-state index < -0.39 is 0 Å². The number of benzene rings is 1. The zero-order chi connectivity index (χ0) is 13.0. The molecule has 0 fully saturated rings. The first-order chi connectivity index (χ1) is 8.70. The van der Waals surface area contributed by atoms with Crippen molar-refractivity contribution in [3.63, 3.8) is 0 Å². The molecule has 5 heteroatoms. The molecule has 0 spiro atoms. The minimum Gasteiger partial charge on any atom is -0.459 e.